The van der Waals surface area contributed by atoms with Crippen LogP contribution in [0.1, 0.15) is 28.9 Å². The Morgan fingerprint density at radius 1 is 1.17 bits per heavy atom. The fourth-order valence-corrected chi connectivity index (χ4v) is 2.34. The second-order valence-corrected chi connectivity index (χ2v) is 5.40. The molecule has 120 valence electrons. The second kappa shape index (κ2) is 7.65. The SMILES string of the molecule is CC(NC(=O)c1ccc(OCC(N)=O)cc1)c1ccccc1Cl. The van der Waals surface area contributed by atoms with E-state index in [0.29, 0.717) is 16.3 Å². The molecule has 2 rings (SSSR count). The van der Waals surface area contributed by atoms with Crippen molar-refractivity contribution in [3.63, 3.8) is 0 Å². The molecule has 3 N–H and O–H groups in total. The molecule has 2 amide bonds. The molecule has 0 heterocycles. The Morgan fingerprint density at radius 2 is 1.83 bits per heavy atom. The molecule has 0 spiro atoms. The smallest absolute Gasteiger partial charge is 0.255 e. The normalized spacial score (nSPS) is 11.6. The maximum Gasteiger partial charge on any atom is 0.255 e. The van der Waals surface area contributed by atoms with Gasteiger partial charge in [-0.3, -0.25) is 9.59 Å². The molecule has 0 aliphatic carbocycles. The molecule has 23 heavy (non-hydrogen) atoms. The average molecular weight is 333 g/mol. The lowest BCUT2D eigenvalue weighted by molar-refractivity contribution is -0.119. The molecule has 0 fully saturated rings. The van der Waals surface area contributed by atoms with E-state index in [1.54, 1.807) is 30.3 Å². The van der Waals surface area contributed by atoms with E-state index in [9.17, 15) is 9.59 Å². The van der Waals surface area contributed by atoms with E-state index < -0.39 is 5.91 Å². The summed E-state index contributed by atoms with van der Waals surface area (Å²) in [6.07, 6.45) is 0. The van der Waals surface area contributed by atoms with Crippen LogP contribution in [0.2, 0.25) is 5.02 Å². The van der Waals surface area contributed by atoms with Gasteiger partial charge < -0.3 is 15.8 Å². The van der Waals surface area contributed by atoms with Gasteiger partial charge in [-0.15, -0.1) is 0 Å². The summed E-state index contributed by atoms with van der Waals surface area (Å²) in [5.74, 6) is -0.307. The highest BCUT2D eigenvalue weighted by Gasteiger charge is 2.13. The molecule has 0 aliphatic rings. The number of primary amides is 1. The number of ether oxygens (including phenoxy) is 1. The molecule has 0 saturated heterocycles. The van der Waals surface area contributed by atoms with Gasteiger partial charge in [0.15, 0.2) is 6.61 Å². The quantitative estimate of drug-likeness (QED) is 0.853. The van der Waals surface area contributed by atoms with Crippen LogP contribution in [-0.4, -0.2) is 18.4 Å². The highest BCUT2D eigenvalue weighted by atomic mass is 35.5. The maximum atomic E-state index is 12.2. The third kappa shape index (κ3) is 4.72. The van der Waals surface area contributed by atoms with Crippen LogP contribution >= 0.6 is 11.6 Å². The molecule has 0 bridgehead atoms. The molecule has 2 aromatic carbocycles. The second-order valence-electron chi connectivity index (χ2n) is 5.00. The minimum atomic E-state index is -0.555. The third-order valence-electron chi connectivity index (χ3n) is 3.22. The summed E-state index contributed by atoms with van der Waals surface area (Å²) in [5.41, 5.74) is 6.33. The number of benzene rings is 2. The van der Waals surface area contributed by atoms with Crippen LogP contribution in [0.5, 0.6) is 5.75 Å². The first-order chi connectivity index (χ1) is 11.0. The fourth-order valence-electron chi connectivity index (χ4n) is 2.04. The molecule has 6 heteroatoms. The Labute approximate surface area is 139 Å². The van der Waals surface area contributed by atoms with Gasteiger partial charge in [-0.2, -0.15) is 0 Å². The summed E-state index contributed by atoms with van der Waals surface area (Å²) in [4.78, 5) is 22.9. The van der Waals surface area contributed by atoms with Gasteiger partial charge in [-0.1, -0.05) is 29.8 Å². The third-order valence-corrected chi connectivity index (χ3v) is 3.56. The molecule has 5 nitrogen and oxygen atoms in total. The highest BCUT2D eigenvalue weighted by molar-refractivity contribution is 6.31. The summed E-state index contributed by atoms with van der Waals surface area (Å²) in [5, 5.41) is 3.49. The average Bonchev–Trinajstić information content (AvgIpc) is 2.53. The molecular weight excluding hydrogens is 316 g/mol. The Balaban J connectivity index is 2.00. The van der Waals surface area contributed by atoms with Gasteiger partial charge in [0.05, 0.1) is 6.04 Å². The fraction of sp³-hybridized carbons (Fsp3) is 0.176. The zero-order chi connectivity index (χ0) is 16.8. The first-order valence-electron chi connectivity index (χ1n) is 7.04. The lowest BCUT2D eigenvalue weighted by Crippen LogP contribution is -2.26. The summed E-state index contributed by atoms with van der Waals surface area (Å²) in [7, 11) is 0. The van der Waals surface area contributed by atoms with Gasteiger partial charge in [0.1, 0.15) is 5.75 Å². The van der Waals surface area contributed by atoms with Gasteiger partial charge in [0, 0.05) is 10.6 Å². The lowest BCUT2D eigenvalue weighted by atomic mass is 10.1. The van der Waals surface area contributed by atoms with Gasteiger partial charge in [-0.25, -0.2) is 0 Å². The van der Waals surface area contributed by atoms with Crippen molar-refractivity contribution < 1.29 is 14.3 Å². The summed E-state index contributed by atoms with van der Waals surface area (Å²) < 4.78 is 5.14. The molecule has 1 atom stereocenters. The van der Waals surface area contributed by atoms with Crippen LogP contribution in [0.3, 0.4) is 0 Å². The van der Waals surface area contributed by atoms with E-state index in [2.05, 4.69) is 5.32 Å². The molecule has 0 saturated carbocycles. The number of nitrogens with two attached hydrogens (primary N) is 1. The van der Waals surface area contributed by atoms with Crippen molar-refractivity contribution in [2.75, 3.05) is 6.61 Å². The lowest BCUT2D eigenvalue weighted by Gasteiger charge is -2.16. The van der Waals surface area contributed by atoms with Gasteiger partial charge in [0.25, 0.3) is 11.8 Å². The van der Waals surface area contributed by atoms with E-state index in [1.807, 2.05) is 25.1 Å². The number of hydrogen-bond acceptors (Lipinski definition) is 3. The number of nitrogens with one attached hydrogen (secondary N) is 1. The zero-order valence-corrected chi connectivity index (χ0v) is 13.3. The number of carbonyl (C=O) groups is 2. The van der Waals surface area contributed by atoms with Crippen LogP contribution in [0.25, 0.3) is 0 Å². The molecule has 0 aliphatic heterocycles. The summed E-state index contributed by atoms with van der Waals surface area (Å²) in [6.45, 7) is 1.67. The van der Waals surface area contributed by atoms with Crippen LogP contribution in [-0.2, 0) is 4.79 Å². The molecule has 0 aromatic heterocycles. The molecule has 1 unspecified atom stereocenters. The van der Waals surface area contributed by atoms with Gasteiger partial charge >= 0.3 is 0 Å². The molecular formula is C17H17ClN2O3. The molecule has 2 aromatic rings. The van der Waals surface area contributed by atoms with Crippen LogP contribution in [0, 0.1) is 0 Å². The first kappa shape index (κ1) is 16.8. The van der Waals surface area contributed by atoms with Crippen molar-refractivity contribution in [2.45, 2.75) is 13.0 Å². The van der Waals surface area contributed by atoms with Crippen molar-refractivity contribution in [1.82, 2.24) is 5.32 Å². The van der Waals surface area contributed by atoms with E-state index >= 15 is 0 Å². The maximum absolute atomic E-state index is 12.2. The summed E-state index contributed by atoms with van der Waals surface area (Å²) >= 11 is 6.12. The summed E-state index contributed by atoms with van der Waals surface area (Å²) in [6, 6.07) is 13.6. The predicted octanol–water partition coefficient (Wildman–Crippen LogP) is 2.70. The number of hydrogen-bond donors (Lipinski definition) is 2. The minimum Gasteiger partial charge on any atom is -0.484 e. The Bertz CT molecular complexity index is 701. The molecule has 0 radical (unpaired) electrons. The standard InChI is InChI=1S/C17H17ClN2O3/c1-11(14-4-2-3-5-15(14)18)20-17(22)12-6-8-13(9-7-12)23-10-16(19)21/h2-9,11H,10H2,1H3,(H2,19,21)(H,20,22). The van der Waals surface area contributed by atoms with Crippen molar-refractivity contribution in [1.29, 1.82) is 0 Å². The predicted molar refractivity (Wildman–Crippen MR) is 88.5 cm³/mol. The monoisotopic (exact) mass is 332 g/mol. The number of halogens is 1. The van der Waals surface area contributed by atoms with Crippen molar-refractivity contribution in [3.05, 3.63) is 64.7 Å². The highest BCUT2D eigenvalue weighted by Crippen LogP contribution is 2.22. The largest absolute Gasteiger partial charge is 0.484 e. The Kier molecular flexibility index (Phi) is 5.60. The zero-order valence-electron chi connectivity index (χ0n) is 12.6. The van der Waals surface area contributed by atoms with Crippen molar-refractivity contribution in [3.8, 4) is 5.75 Å². The Hall–Kier alpha value is -2.53. The van der Waals surface area contributed by atoms with Crippen LogP contribution < -0.4 is 15.8 Å². The van der Waals surface area contributed by atoms with E-state index in [4.69, 9.17) is 22.1 Å². The Morgan fingerprint density at radius 3 is 2.43 bits per heavy atom. The van der Waals surface area contributed by atoms with Crippen LogP contribution in [0.4, 0.5) is 0 Å². The van der Waals surface area contributed by atoms with Crippen LogP contribution in [0.15, 0.2) is 48.5 Å². The van der Waals surface area contributed by atoms with Gasteiger partial charge in [0.2, 0.25) is 0 Å². The van der Waals surface area contributed by atoms with E-state index in [1.165, 1.54) is 0 Å². The van der Waals surface area contributed by atoms with E-state index in [0.717, 1.165) is 5.56 Å². The van der Waals surface area contributed by atoms with E-state index in [-0.39, 0.29) is 18.6 Å². The van der Waals surface area contributed by atoms with Crippen molar-refractivity contribution >= 4 is 23.4 Å². The number of amides is 2. The first-order valence-corrected chi connectivity index (χ1v) is 7.41. The van der Waals surface area contributed by atoms with Gasteiger partial charge in [-0.05, 0) is 42.8 Å². The number of carbonyl (C=O) groups excluding carboxylic acids is 2. The topological polar surface area (TPSA) is 81.4 Å². The number of rotatable bonds is 6. The van der Waals surface area contributed by atoms with Crippen molar-refractivity contribution in [2.24, 2.45) is 5.73 Å². The minimum absolute atomic E-state index is 0.199.